The second-order valence-electron chi connectivity index (χ2n) is 4.34. The lowest BCUT2D eigenvalue weighted by atomic mass is 10.1. The predicted molar refractivity (Wildman–Crippen MR) is 85.7 cm³/mol. The molecule has 0 heterocycles. The van der Waals surface area contributed by atoms with E-state index in [4.69, 9.17) is 11.6 Å². The Morgan fingerprint density at radius 1 is 1.19 bits per heavy atom. The highest BCUT2D eigenvalue weighted by atomic mass is 79.9. The van der Waals surface area contributed by atoms with Crippen LogP contribution in [0.2, 0.25) is 5.02 Å². The third-order valence-corrected chi connectivity index (χ3v) is 5.31. The van der Waals surface area contributed by atoms with Crippen LogP contribution in [0.3, 0.4) is 0 Å². The molecule has 0 aliphatic rings. The summed E-state index contributed by atoms with van der Waals surface area (Å²) in [6.07, 6.45) is 0. The van der Waals surface area contributed by atoms with Gasteiger partial charge in [-0.2, -0.15) is 0 Å². The van der Waals surface area contributed by atoms with Crippen LogP contribution in [0, 0.1) is 0 Å². The van der Waals surface area contributed by atoms with Crippen LogP contribution in [0.4, 0.5) is 0 Å². The topological polar surface area (TPSA) is 66.4 Å². The van der Waals surface area contributed by atoms with E-state index in [1.165, 1.54) is 12.1 Å². The molecule has 1 atom stereocenters. The summed E-state index contributed by atoms with van der Waals surface area (Å²) in [5.74, 6) is 0. The van der Waals surface area contributed by atoms with Gasteiger partial charge in [0.05, 0.1) is 17.7 Å². The fourth-order valence-electron chi connectivity index (χ4n) is 1.84. The first-order chi connectivity index (χ1) is 9.94. The highest BCUT2D eigenvalue weighted by Crippen LogP contribution is 2.26. The zero-order chi connectivity index (χ0) is 15.5. The monoisotopic (exact) mass is 389 g/mol. The Bertz CT molecular complexity index is 722. The maximum atomic E-state index is 12.4. The minimum atomic E-state index is -3.83. The molecule has 0 saturated carbocycles. The minimum Gasteiger partial charge on any atom is -0.394 e. The molecular weight excluding hydrogens is 378 g/mol. The summed E-state index contributed by atoms with van der Waals surface area (Å²) < 4.78 is 27.9. The maximum absolute atomic E-state index is 12.4. The third kappa shape index (κ3) is 4.05. The Balaban J connectivity index is 2.32. The summed E-state index contributed by atoms with van der Waals surface area (Å²) in [4.78, 5) is -0.0262. The summed E-state index contributed by atoms with van der Waals surface area (Å²) in [5, 5.41) is 9.55. The van der Waals surface area contributed by atoms with E-state index in [0.29, 0.717) is 10.0 Å². The Morgan fingerprint density at radius 3 is 2.43 bits per heavy atom. The van der Waals surface area contributed by atoms with E-state index in [1.54, 1.807) is 30.3 Å². The van der Waals surface area contributed by atoms with E-state index in [0.717, 1.165) is 0 Å². The molecule has 2 N–H and O–H groups in total. The molecule has 0 saturated heterocycles. The van der Waals surface area contributed by atoms with Crippen molar-refractivity contribution in [1.82, 2.24) is 4.72 Å². The van der Waals surface area contributed by atoms with Crippen molar-refractivity contribution in [3.8, 4) is 0 Å². The van der Waals surface area contributed by atoms with Gasteiger partial charge in [0.25, 0.3) is 0 Å². The maximum Gasteiger partial charge on any atom is 0.242 e. The highest BCUT2D eigenvalue weighted by molar-refractivity contribution is 9.10. The molecule has 0 fully saturated rings. The fourth-order valence-corrected chi connectivity index (χ4v) is 4.09. The lowest BCUT2D eigenvalue weighted by Gasteiger charge is -2.17. The highest BCUT2D eigenvalue weighted by Gasteiger charge is 2.23. The SMILES string of the molecule is O=S(=O)(N[C@H](CO)c1ccccc1)c1ccc(Br)cc1Cl. The van der Waals surface area contributed by atoms with E-state index >= 15 is 0 Å². The molecular formula is C14H13BrClNO3S. The summed E-state index contributed by atoms with van der Waals surface area (Å²) in [5.41, 5.74) is 0.678. The normalized spacial score (nSPS) is 13.1. The number of nitrogens with one attached hydrogen (secondary N) is 1. The molecule has 0 spiro atoms. The van der Waals surface area contributed by atoms with Crippen LogP contribution in [0.15, 0.2) is 57.9 Å². The molecule has 0 unspecified atom stereocenters. The zero-order valence-corrected chi connectivity index (χ0v) is 14.0. The minimum absolute atomic E-state index is 0.0262. The van der Waals surface area contributed by atoms with Crippen molar-refractivity contribution in [1.29, 1.82) is 0 Å². The van der Waals surface area contributed by atoms with Crippen LogP contribution in [0.25, 0.3) is 0 Å². The van der Waals surface area contributed by atoms with Crippen LogP contribution >= 0.6 is 27.5 Å². The van der Waals surface area contributed by atoms with Gasteiger partial charge < -0.3 is 5.11 Å². The molecule has 21 heavy (non-hydrogen) atoms. The molecule has 112 valence electrons. The average Bonchev–Trinajstić information content (AvgIpc) is 2.45. The van der Waals surface area contributed by atoms with Gasteiger partial charge >= 0.3 is 0 Å². The predicted octanol–water partition coefficient (Wildman–Crippen LogP) is 3.11. The summed E-state index contributed by atoms with van der Waals surface area (Å²) in [7, 11) is -3.83. The number of aliphatic hydroxyl groups excluding tert-OH is 1. The molecule has 2 rings (SSSR count). The number of rotatable bonds is 5. The van der Waals surface area contributed by atoms with Crippen molar-refractivity contribution in [3.63, 3.8) is 0 Å². The van der Waals surface area contributed by atoms with Gasteiger partial charge in [-0.05, 0) is 23.8 Å². The van der Waals surface area contributed by atoms with Crippen molar-refractivity contribution < 1.29 is 13.5 Å². The smallest absolute Gasteiger partial charge is 0.242 e. The molecule has 0 aromatic heterocycles. The van der Waals surface area contributed by atoms with E-state index < -0.39 is 16.1 Å². The van der Waals surface area contributed by atoms with Crippen LogP contribution in [0.1, 0.15) is 11.6 Å². The number of aliphatic hydroxyl groups is 1. The van der Waals surface area contributed by atoms with Gasteiger partial charge in [0.15, 0.2) is 0 Å². The summed E-state index contributed by atoms with van der Waals surface area (Å²) >= 11 is 9.20. The van der Waals surface area contributed by atoms with Crippen molar-refractivity contribution in [2.75, 3.05) is 6.61 Å². The third-order valence-electron chi connectivity index (χ3n) is 2.87. The first-order valence-corrected chi connectivity index (χ1v) is 8.72. The van der Waals surface area contributed by atoms with E-state index in [1.807, 2.05) is 6.07 Å². The Morgan fingerprint density at radius 2 is 1.86 bits per heavy atom. The van der Waals surface area contributed by atoms with E-state index in [2.05, 4.69) is 20.7 Å². The van der Waals surface area contributed by atoms with Gasteiger partial charge in [-0.15, -0.1) is 0 Å². The number of hydrogen-bond donors (Lipinski definition) is 2. The first kappa shape index (κ1) is 16.5. The average molecular weight is 391 g/mol. The molecule has 2 aromatic rings. The van der Waals surface area contributed by atoms with Crippen molar-refractivity contribution in [2.45, 2.75) is 10.9 Å². The van der Waals surface area contributed by atoms with Crippen LogP contribution in [-0.2, 0) is 10.0 Å². The Labute approximate surface area is 136 Å². The van der Waals surface area contributed by atoms with Gasteiger partial charge in [0.1, 0.15) is 4.90 Å². The van der Waals surface area contributed by atoms with Gasteiger partial charge in [-0.3, -0.25) is 0 Å². The molecule has 0 aliphatic heterocycles. The van der Waals surface area contributed by atoms with Crippen LogP contribution in [-0.4, -0.2) is 20.1 Å². The second-order valence-corrected chi connectivity index (χ2v) is 7.35. The molecule has 4 nitrogen and oxygen atoms in total. The Kier molecular flexibility index (Phi) is 5.40. The van der Waals surface area contributed by atoms with Crippen molar-refractivity contribution in [3.05, 3.63) is 63.6 Å². The van der Waals surface area contributed by atoms with Crippen molar-refractivity contribution >= 4 is 37.6 Å². The second kappa shape index (κ2) is 6.89. The zero-order valence-electron chi connectivity index (χ0n) is 10.8. The molecule has 0 aliphatic carbocycles. The Hall–Kier alpha value is -0.920. The van der Waals surface area contributed by atoms with Gasteiger partial charge in [0.2, 0.25) is 10.0 Å². The lowest BCUT2D eigenvalue weighted by molar-refractivity contribution is 0.259. The van der Waals surface area contributed by atoms with Crippen LogP contribution < -0.4 is 4.72 Å². The lowest BCUT2D eigenvalue weighted by Crippen LogP contribution is -2.31. The molecule has 0 amide bonds. The number of halogens is 2. The fraction of sp³-hybridized carbons (Fsp3) is 0.143. The van der Waals surface area contributed by atoms with Gasteiger partial charge in [-0.25, -0.2) is 13.1 Å². The summed E-state index contributed by atoms with van der Waals surface area (Å²) in [6, 6.07) is 12.6. The number of hydrogen-bond acceptors (Lipinski definition) is 3. The van der Waals surface area contributed by atoms with Crippen LogP contribution in [0.5, 0.6) is 0 Å². The molecule has 7 heteroatoms. The summed E-state index contributed by atoms with van der Waals surface area (Å²) in [6.45, 7) is -0.350. The van der Waals surface area contributed by atoms with E-state index in [-0.39, 0.29) is 16.5 Å². The van der Waals surface area contributed by atoms with Gasteiger partial charge in [-0.1, -0.05) is 57.9 Å². The largest absolute Gasteiger partial charge is 0.394 e. The first-order valence-electron chi connectivity index (χ1n) is 6.07. The molecule has 2 aromatic carbocycles. The van der Waals surface area contributed by atoms with Gasteiger partial charge in [0, 0.05) is 4.47 Å². The van der Waals surface area contributed by atoms with E-state index in [9.17, 15) is 13.5 Å². The number of benzene rings is 2. The molecule has 0 bridgehead atoms. The van der Waals surface area contributed by atoms with Crippen molar-refractivity contribution in [2.24, 2.45) is 0 Å². The number of sulfonamides is 1. The quantitative estimate of drug-likeness (QED) is 0.824. The molecule has 0 radical (unpaired) electrons. The standard InChI is InChI=1S/C14H13BrClNO3S/c15-11-6-7-14(12(16)8-11)21(19,20)17-13(9-18)10-4-2-1-3-5-10/h1-8,13,17-18H,9H2/t13-/m1/s1.